The molecule has 24 heavy (non-hydrogen) atoms. The quantitative estimate of drug-likeness (QED) is 0.898. The highest BCUT2D eigenvalue weighted by molar-refractivity contribution is 6.30. The first-order valence-corrected chi connectivity index (χ1v) is 8.73. The van der Waals surface area contributed by atoms with Crippen molar-refractivity contribution in [3.8, 4) is 0 Å². The Hall–Kier alpha value is -1.85. The lowest BCUT2D eigenvalue weighted by molar-refractivity contribution is -0.142. The van der Waals surface area contributed by atoms with E-state index in [0.717, 1.165) is 42.5 Å². The maximum atomic E-state index is 13.3. The van der Waals surface area contributed by atoms with Crippen LogP contribution in [0.1, 0.15) is 41.8 Å². The third-order valence-corrected chi connectivity index (χ3v) is 5.72. The largest absolute Gasteiger partial charge is 0.390 e. The van der Waals surface area contributed by atoms with Crippen LogP contribution in [0, 0.1) is 0 Å². The zero-order valence-electron chi connectivity index (χ0n) is 13.4. The topological polar surface area (TPSA) is 69.2 Å². The molecule has 0 spiro atoms. The third kappa shape index (κ3) is 2.34. The van der Waals surface area contributed by atoms with Gasteiger partial charge < -0.3 is 10.0 Å². The molecule has 1 aromatic carbocycles. The summed E-state index contributed by atoms with van der Waals surface area (Å²) in [4.78, 5) is 15.2. The molecule has 1 fully saturated rings. The average molecular weight is 346 g/mol. The summed E-state index contributed by atoms with van der Waals surface area (Å²) in [7, 11) is 0. The molecule has 0 unspecified atom stereocenters. The smallest absolute Gasteiger partial charge is 0.233 e. The molecule has 0 saturated heterocycles. The fraction of sp³-hybridized carbons (Fsp3) is 0.444. The maximum Gasteiger partial charge on any atom is 0.233 e. The van der Waals surface area contributed by atoms with Crippen molar-refractivity contribution >= 4 is 17.5 Å². The molecule has 1 saturated carbocycles. The van der Waals surface area contributed by atoms with Crippen molar-refractivity contribution in [3.05, 3.63) is 51.8 Å². The van der Waals surface area contributed by atoms with Gasteiger partial charge in [-0.1, -0.05) is 30.2 Å². The number of aliphatic hydroxyl groups excluding tert-OH is 1. The summed E-state index contributed by atoms with van der Waals surface area (Å²) in [5.74, 6) is 0.187. The number of nitrogens with zero attached hydrogens (tertiary/aromatic N) is 2. The third-order valence-electron chi connectivity index (χ3n) is 5.47. The standard InChI is InChI=1S/C18H20ClN3O2/c19-13-4-2-12(3-5-13)18(7-1-8-18)17(24)22-9-6-15-14(10-22)16(11-23)21-20-15/h2-5,23H,1,6-11H2,(H,20,21). The van der Waals surface area contributed by atoms with E-state index >= 15 is 0 Å². The van der Waals surface area contributed by atoms with Gasteiger partial charge in [-0.25, -0.2) is 0 Å². The lowest BCUT2D eigenvalue weighted by Crippen LogP contribution is -2.52. The molecule has 6 heteroatoms. The molecule has 2 aliphatic rings. The van der Waals surface area contributed by atoms with E-state index in [-0.39, 0.29) is 12.5 Å². The second-order valence-electron chi connectivity index (χ2n) is 6.70. The van der Waals surface area contributed by atoms with Crippen molar-refractivity contribution in [2.24, 2.45) is 0 Å². The monoisotopic (exact) mass is 345 g/mol. The number of amides is 1. The number of aromatic nitrogens is 2. The Labute approximate surface area is 145 Å². The number of H-pyrrole nitrogens is 1. The first kappa shape index (κ1) is 15.7. The van der Waals surface area contributed by atoms with Crippen LogP contribution in [0.3, 0.4) is 0 Å². The second-order valence-corrected chi connectivity index (χ2v) is 7.14. The Kier molecular flexibility index (Phi) is 3.85. The van der Waals surface area contributed by atoms with Crippen molar-refractivity contribution < 1.29 is 9.90 Å². The molecule has 1 amide bonds. The van der Waals surface area contributed by atoms with Gasteiger partial charge in [0.15, 0.2) is 0 Å². The molecule has 1 aromatic heterocycles. The van der Waals surface area contributed by atoms with Crippen molar-refractivity contribution in [2.75, 3.05) is 6.54 Å². The molecule has 0 radical (unpaired) electrons. The van der Waals surface area contributed by atoms with E-state index in [4.69, 9.17) is 11.6 Å². The molecule has 0 bridgehead atoms. The van der Waals surface area contributed by atoms with Crippen molar-refractivity contribution in [1.29, 1.82) is 0 Å². The Balaban J connectivity index is 1.62. The molecule has 1 aliphatic carbocycles. The van der Waals surface area contributed by atoms with E-state index in [9.17, 15) is 9.90 Å². The van der Waals surface area contributed by atoms with Gasteiger partial charge in [-0.15, -0.1) is 0 Å². The Bertz CT molecular complexity index is 752. The summed E-state index contributed by atoms with van der Waals surface area (Å²) in [6.45, 7) is 1.11. The summed E-state index contributed by atoms with van der Waals surface area (Å²) in [5, 5.41) is 17.2. The van der Waals surface area contributed by atoms with E-state index in [0.29, 0.717) is 23.8 Å². The van der Waals surface area contributed by atoms with Crippen LogP contribution in [0.4, 0.5) is 0 Å². The lowest BCUT2D eigenvalue weighted by atomic mass is 9.63. The molecular formula is C18H20ClN3O2. The first-order valence-electron chi connectivity index (χ1n) is 8.35. The molecule has 1 aliphatic heterocycles. The number of halogens is 1. The molecule has 4 rings (SSSR count). The van der Waals surface area contributed by atoms with Gasteiger partial charge in [-0.2, -0.15) is 5.10 Å². The number of hydrogen-bond acceptors (Lipinski definition) is 3. The Morgan fingerprint density at radius 2 is 2.08 bits per heavy atom. The minimum absolute atomic E-state index is 0.101. The summed E-state index contributed by atoms with van der Waals surface area (Å²) < 4.78 is 0. The zero-order chi connectivity index (χ0) is 16.7. The van der Waals surface area contributed by atoms with E-state index in [1.807, 2.05) is 29.2 Å². The molecule has 126 valence electrons. The van der Waals surface area contributed by atoms with Crippen LogP contribution < -0.4 is 0 Å². The summed E-state index contributed by atoms with van der Waals surface area (Å²) >= 11 is 6.00. The zero-order valence-corrected chi connectivity index (χ0v) is 14.1. The Morgan fingerprint density at radius 1 is 1.33 bits per heavy atom. The molecular weight excluding hydrogens is 326 g/mol. The van der Waals surface area contributed by atoms with Gasteiger partial charge in [0.1, 0.15) is 0 Å². The summed E-state index contributed by atoms with van der Waals surface area (Å²) in [6, 6.07) is 7.68. The van der Waals surface area contributed by atoms with Crippen molar-refractivity contribution in [1.82, 2.24) is 15.1 Å². The predicted octanol–water partition coefficient (Wildman–Crippen LogP) is 2.56. The maximum absolute atomic E-state index is 13.3. The average Bonchev–Trinajstić information content (AvgIpc) is 2.97. The SMILES string of the molecule is O=C(N1CCc2[nH]nc(CO)c2C1)C1(c2ccc(Cl)cc2)CCC1. The van der Waals surface area contributed by atoms with E-state index in [2.05, 4.69) is 10.2 Å². The van der Waals surface area contributed by atoms with Gasteiger partial charge in [0, 0.05) is 35.8 Å². The van der Waals surface area contributed by atoms with Gasteiger partial charge in [-0.05, 0) is 30.5 Å². The predicted molar refractivity (Wildman–Crippen MR) is 90.6 cm³/mol. The normalized spacial score (nSPS) is 18.8. The first-order chi connectivity index (χ1) is 11.6. The van der Waals surface area contributed by atoms with Gasteiger partial charge in [0.2, 0.25) is 5.91 Å². The number of fused-ring (bicyclic) bond motifs is 1. The van der Waals surface area contributed by atoms with Gasteiger partial charge in [-0.3, -0.25) is 9.89 Å². The summed E-state index contributed by atoms with van der Waals surface area (Å²) in [5.41, 5.74) is 3.31. The number of nitrogens with one attached hydrogen (secondary N) is 1. The van der Waals surface area contributed by atoms with Crippen LogP contribution in [0.2, 0.25) is 5.02 Å². The highest BCUT2D eigenvalue weighted by Gasteiger charge is 2.48. The van der Waals surface area contributed by atoms with E-state index in [1.54, 1.807) is 0 Å². The fourth-order valence-corrected chi connectivity index (χ4v) is 4.01. The van der Waals surface area contributed by atoms with Gasteiger partial charge in [0.05, 0.1) is 17.7 Å². The van der Waals surface area contributed by atoms with Crippen LogP contribution in [0.15, 0.2) is 24.3 Å². The number of aliphatic hydroxyl groups is 1. The number of rotatable bonds is 3. The minimum atomic E-state index is -0.412. The number of benzene rings is 1. The molecule has 2 heterocycles. The van der Waals surface area contributed by atoms with Crippen LogP contribution >= 0.6 is 11.6 Å². The van der Waals surface area contributed by atoms with Crippen LogP contribution in [0.25, 0.3) is 0 Å². The number of hydrogen-bond donors (Lipinski definition) is 2. The minimum Gasteiger partial charge on any atom is -0.390 e. The summed E-state index contributed by atoms with van der Waals surface area (Å²) in [6.07, 6.45) is 3.59. The molecule has 2 aromatic rings. The van der Waals surface area contributed by atoms with Crippen LogP contribution in [-0.2, 0) is 29.8 Å². The Morgan fingerprint density at radius 3 is 2.71 bits per heavy atom. The van der Waals surface area contributed by atoms with Gasteiger partial charge >= 0.3 is 0 Å². The van der Waals surface area contributed by atoms with Crippen molar-refractivity contribution in [2.45, 2.75) is 44.2 Å². The second kappa shape index (κ2) is 5.90. The van der Waals surface area contributed by atoms with Crippen LogP contribution in [0.5, 0.6) is 0 Å². The van der Waals surface area contributed by atoms with Crippen LogP contribution in [-0.4, -0.2) is 32.7 Å². The van der Waals surface area contributed by atoms with Crippen molar-refractivity contribution in [3.63, 3.8) is 0 Å². The van der Waals surface area contributed by atoms with E-state index in [1.165, 1.54) is 0 Å². The highest BCUT2D eigenvalue weighted by atomic mass is 35.5. The molecule has 5 nitrogen and oxygen atoms in total. The van der Waals surface area contributed by atoms with E-state index < -0.39 is 5.41 Å². The highest BCUT2D eigenvalue weighted by Crippen LogP contribution is 2.46. The fourth-order valence-electron chi connectivity index (χ4n) is 3.89. The number of carbonyl (C=O) groups is 1. The van der Waals surface area contributed by atoms with Gasteiger partial charge in [0.25, 0.3) is 0 Å². The number of carbonyl (C=O) groups excluding carboxylic acids is 1. The number of aromatic amines is 1. The lowest BCUT2D eigenvalue weighted by Gasteiger charge is -2.44. The molecule has 2 N–H and O–H groups in total. The molecule has 0 atom stereocenters.